The molecule has 3 rings (SSSR count). The SMILES string of the molecule is C=C1CC[C@H](CO)C/C1=C/CP(=O)(c1ccccc1)c1ccccc1. The fraction of sp³-hybridized carbons (Fsp3) is 0.273. The second-order valence-electron chi connectivity index (χ2n) is 6.72. The van der Waals surface area contributed by atoms with Gasteiger partial charge in [0.1, 0.15) is 7.14 Å². The highest BCUT2D eigenvalue weighted by molar-refractivity contribution is 7.78. The quantitative estimate of drug-likeness (QED) is 0.816. The van der Waals surface area contributed by atoms with Gasteiger partial charge in [-0.15, -0.1) is 0 Å². The molecule has 1 N–H and O–H groups in total. The van der Waals surface area contributed by atoms with Gasteiger partial charge in [0.2, 0.25) is 0 Å². The Hall–Kier alpha value is -1.89. The van der Waals surface area contributed by atoms with Gasteiger partial charge in [0.05, 0.1) is 0 Å². The Kier molecular flexibility index (Phi) is 5.73. The van der Waals surface area contributed by atoms with Crippen LogP contribution >= 0.6 is 7.14 Å². The van der Waals surface area contributed by atoms with Crippen molar-refractivity contribution in [1.82, 2.24) is 0 Å². The molecule has 130 valence electrons. The van der Waals surface area contributed by atoms with Gasteiger partial charge in [-0.2, -0.15) is 0 Å². The van der Waals surface area contributed by atoms with Crippen LogP contribution in [0.2, 0.25) is 0 Å². The van der Waals surface area contributed by atoms with Gasteiger partial charge < -0.3 is 9.67 Å². The zero-order valence-corrected chi connectivity index (χ0v) is 15.4. The van der Waals surface area contributed by atoms with Crippen molar-refractivity contribution in [2.75, 3.05) is 12.8 Å². The van der Waals surface area contributed by atoms with Crippen LogP contribution in [0.4, 0.5) is 0 Å². The van der Waals surface area contributed by atoms with Gasteiger partial charge >= 0.3 is 0 Å². The second-order valence-corrected chi connectivity index (χ2v) is 9.60. The molecule has 0 saturated heterocycles. The molecule has 0 heterocycles. The maximum absolute atomic E-state index is 14.0. The molecule has 1 aliphatic carbocycles. The van der Waals surface area contributed by atoms with Crippen molar-refractivity contribution in [2.45, 2.75) is 19.3 Å². The van der Waals surface area contributed by atoms with Crippen LogP contribution in [0, 0.1) is 5.92 Å². The van der Waals surface area contributed by atoms with Crippen molar-refractivity contribution in [1.29, 1.82) is 0 Å². The van der Waals surface area contributed by atoms with E-state index in [4.69, 9.17) is 0 Å². The van der Waals surface area contributed by atoms with E-state index in [0.29, 0.717) is 12.1 Å². The molecule has 1 fully saturated rings. The lowest BCUT2D eigenvalue weighted by atomic mass is 9.83. The Morgan fingerprint density at radius 1 is 1.04 bits per heavy atom. The molecular weight excluding hydrogens is 327 g/mol. The number of aliphatic hydroxyl groups is 1. The highest BCUT2D eigenvalue weighted by atomic mass is 31.2. The summed E-state index contributed by atoms with van der Waals surface area (Å²) in [5.74, 6) is 0.296. The lowest BCUT2D eigenvalue weighted by Gasteiger charge is -2.25. The molecule has 0 aliphatic heterocycles. The first-order valence-corrected chi connectivity index (χ1v) is 10.7. The summed E-state index contributed by atoms with van der Waals surface area (Å²) in [5.41, 5.74) is 2.29. The summed E-state index contributed by atoms with van der Waals surface area (Å²) in [7, 11) is -2.73. The molecule has 0 aromatic heterocycles. The summed E-state index contributed by atoms with van der Waals surface area (Å²) < 4.78 is 14.0. The van der Waals surface area contributed by atoms with E-state index >= 15 is 0 Å². The maximum Gasteiger partial charge on any atom is 0.146 e. The third kappa shape index (κ3) is 4.03. The van der Waals surface area contributed by atoms with E-state index in [-0.39, 0.29) is 6.61 Å². The van der Waals surface area contributed by atoms with Crippen molar-refractivity contribution in [3.05, 3.63) is 84.5 Å². The van der Waals surface area contributed by atoms with Crippen LogP contribution in [0.15, 0.2) is 84.5 Å². The first-order chi connectivity index (χ1) is 12.1. The molecule has 25 heavy (non-hydrogen) atoms. The lowest BCUT2D eigenvalue weighted by molar-refractivity contribution is 0.213. The Bertz CT molecular complexity index is 750. The molecule has 1 atom stereocenters. The van der Waals surface area contributed by atoms with Crippen molar-refractivity contribution in [2.24, 2.45) is 5.92 Å². The minimum absolute atomic E-state index is 0.208. The standard InChI is InChI=1S/C22H25O2P/c1-18-12-13-19(17-23)16-20(18)14-15-25(24,21-8-4-2-5-9-21)22-10-6-3-7-11-22/h2-11,14,19,23H,1,12-13,15-17H2/b20-14-/t19-/m0/s1. The third-order valence-electron chi connectivity index (χ3n) is 5.02. The van der Waals surface area contributed by atoms with Gasteiger partial charge in [0, 0.05) is 23.4 Å². The van der Waals surface area contributed by atoms with E-state index in [2.05, 4.69) is 12.7 Å². The topological polar surface area (TPSA) is 37.3 Å². The zero-order chi connectivity index (χ0) is 17.7. The number of benzene rings is 2. The van der Waals surface area contributed by atoms with Crippen LogP contribution in [0.3, 0.4) is 0 Å². The Morgan fingerprint density at radius 3 is 2.12 bits per heavy atom. The fourth-order valence-electron chi connectivity index (χ4n) is 3.42. The van der Waals surface area contributed by atoms with Gasteiger partial charge in [-0.1, -0.05) is 78.9 Å². The average Bonchev–Trinajstić information content (AvgIpc) is 2.68. The third-order valence-corrected chi connectivity index (χ3v) is 7.98. The molecule has 3 heteroatoms. The number of aliphatic hydroxyl groups excluding tert-OH is 1. The molecule has 1 saturated carbocycles. The van der Waals surface area contributed by atoms with E-state index in [9.17, 15) is 9.67 Å². The van der Waals surface area contributed by atoms with E-state index < -0.39 is 7.14 Å². The first kappa shape index (κ1) is 17.9. The summed E-state index contributed by atoms with van der Waals surface area (Å²) in [6.07, 6.45) is 5.33. The number of allylic oxidation sites excluding steroid dienone is 3. The molecule has 0 amide bonds. The van der Waals surface area contributed by atoms with Gasteiger partial charge in [0.15, 0.2) is 0 Å². The first-order valence-electron chi connectivity index (χ1n) is 8.82. The van der Waals surface area contributed by atoms with Gasteiger partial charge in [-0.25, -0.2) is 0 Å². The lowest BCUT2D eigenvalue weighted by Crippen LogP contribution is -2.19. The largest absolute Gasteiger partial charge is 0.396 e. The fourth-order valence-corrected chi connectivity index (χ4v) is 5.92. The van der Waals surface area contributed by atoms with Crippen molar-refractivity contribution in [3.8, 4) is 0 Å². The minimum Gasteiger partial charge on any atom is -0.396 e. The Labute approximate surface area is 150 Å². The van der Waals surface area contributed by atoms with Gasteiger partial charge in [-0.3, -0.25) is 0 Å². The van der Waals surface area contributed by atoms with Gasteiger partial charge in [-0.05, 0) is 30.8 Å². The molecule has 0 spiro atoms. The predicted octanol–water partition coefficient (Wildman–Crippen LogP) is 4.28. The van der Waals surface area contributed by atoms with E-state index in [1.807, 2.05) is 60.7 Å². The molecule has 2 nitrogen and oxygen atoms in total. The van der Waals surface area contributed by atoms with Crippen LogP contribution < -0.4 is 10.6 Å². The summed E-state index contributed by atoms with van der Waals surface area (Å²) in [6.45, 7) is 4.38. The van der Waals surface area contributed by atoms with Crippen molar-refractivity contribution in [3.63, 3.8) is 0 Å². The summed E-state index contributed by atoms with van der Waals surface area (Å²) in [5, 5.41) is 11.2. The van der Waals surface area contributed by atoms with Crippen LogP contribution in [0.5, 0.6) is 0 Å². The molecule has 0 radical (unpaired) electrons. The zero-order valence-electron chi connectivity index (χ0n) is 14.5. The maximum atomic E-state index is 14.0. The smallest absolute Gasteiger partial charge is 0.146 e. The molecular formula is C22H25O2P. The molecule has 2 aromatic carbocycles. The van der Waals surface area contributed by atoms with E-state index in [1.54, 1.807) is 0 Å². The Morgan fingerprint density at radius 2 is 1.60 bits per heavy atom. The normalized spacial score (nSPS) is 20.0. The van der Waals surface area contributed by atoms with Gasteiger partial charge in [0.25, 0.3) is 0 Å². The summed E-state index contributed by atoms with van der Waals surface area (Å²) in [4.78, 5) is 0. The van der Waals surface area contributed by atoms with Crippen molar-refractivity contribution >= 4 is 17.8 Å². The van der Waals surface area contributed by atoms with Crippen LogP contribution in [0.1, 0.15) is 19.3 Å². The van der Waals surface area contributed by atoms with Crippen molar-refractivity contribution < 1.29 is 9.67 Å². The van der Waals surface area contributed by atoms with E-state index in [1.165, 1.54) is 0 Å². The minimum atomic E-state index is -2.73. The molecule has 0 bridgehead atoms. The van der Waals surface area contributed by atoms with Crippen LogP contribution in [-0.4, -0.2) is 17.9 Å². The number of hydrogen-bond donors (Lipinski definition) is 1. The number of hydrogen-bond acceptors (Lipinski definition) is 2. The molecule has 2 aromatic rings. The second kappa shape index (κ2) is 7.99. The monoisotopic (exact) mass is 352 g/mol. The molecule has 1 aliphatic rings. The Balaban J connectivity index is 1.95. The average molecular weight is 352 g/mol. The highest BCUT2D eigenvalue weighted by Crippen LogP contribution is 2.44. The predicted molar refractivity (Wildman–Crippen MR) is 106 cm³/mol. The van der Waals surface area contributed by atoms with E-state index in [0.717, 1.165) is 41.0 Å². The summed E-state index contributed by atoms with van der Waals surface area (Å²) in [6, 6.07) is 19.5. The summed E-state index contributed by atoms with van der Waals surface area (Å²) >= 11 is 0. The van der Waals surface area contributed by atoms with Crippen LogP contribution in [0.25, 0.3) is 0 Å². The van der Waals surface area contributed by atoms with Crippen LogP contribution in [-0.2, 0) is 4.57 Å². The number of rotatable bonds is 5. The molecule has 0 unspecified atom stereocenters. The highest BCUT2D eigenvalue weighted by Gasteiger charge is 2.27.